The lowest BCUT2D eigenvalue weighted by Gasteiger charge is -2.33. The highest BCUT2D eigenvalue weighted by Crippen LogP contribution is 2.28. The van der Waals surface area contributed by atoms with Crippen LogP contribution in [-0.4, -0.2) is 112 Å². The van der Waals surface area contributed by atoms with Crippen molar-refractivity contribution in [3.63, 3.8) is 0 Å². The Hall–Kier alpha value is -3.34. The van der Waals surface area contributed by atoms with E-state index in [0.717, 1.165) is 12.8 Å². The number of ether oxygens (including phenoxy) is 4. The topological polar surface area (TPSA) is 267 Å². The Morgan fingerprint density at radius 1 is 0.700 bits per heavy atom. The Labute approximate surface area is 294 Å². The third kappa shape index (κ3) is 21.0. The summed E-state index contributed by atoms with van der Waals surface area (Å²) in [6, 6.07) is -0.464. The van der Waals surface area contributed by atoms with Crippen molar-refractivity contribution in [3.8, 4) is 0 Å². The maximum Gasteiger partial charge on any atom is 0.310 e. The van der Waals surface area contributed by atoms with Crippen LogP contribution in [-0.2, 0) is 47.7 Å². The minimum atomic E-state index is -1.40. The Morgan fingerprint density at radius 3 is 1.62 bits per heavy atom. The molecule has 0 saturated carbocycles. The molecule has 0 aliphatic carbocycles. The Bertz CT molecular complexity index is 1010. The molecular weight excluding hydrogens is 662 g/mol. The molecule has 0 aliphatic heterocycles. The highest BCUT2D eigenvalue weighted by molar-refractivity contribution is 5.80. The lowest BCUT2D eigenvalue weighted by atomic mass is 9.87. The van der Waals surface area contributed by atoms with E-state index in [1.807, 2.05) is 6.92 Å². The third-order valence-electron chi connectivity index (χ3n) is 8.50. The number of unbranched alkanes of at least 4 members (excludes halogenated alkanes) is 2. The van der Waals surface area contributed by atoms with Gasteiger partial charge >= 0.3 is 23.9 Å². The summed E-state index contributed by atoms with van der Waals surface area (Å²) in [6.07, 6.45) is -1.25. The van der Waals surface area contributed by atoms with Crippen LogP contribution >= 0.6 is 0 Å². The van der Waals surface area contributed by atoms with Crippen molar-refractivity contribution in [2.45, 2.75) is 141 Å². The lowest BCUT2D eigenvalue weighted by Crippen LogP contribution is -2.42. The van der Waals surface area contributed by atoms with Crippen molar-refractivity contribution >= 4 is 36.8 Å². The number of nitrogens with two attached hydrogens (primary N) is 1. The number of rotatable bonds is 31. The molecule has 16 heteroatoms. The second-order valence-electron chi connectivity index (χ2n) is 13.3. The molecule has 0 amide bonds. The van der Waals surface area contributed by atoms with E-state index in [1.165, 1.54) is 0 Å². The van der Waals surface area contributed by atoms with Gasteiger partial charge in [-0.2, -0.15) is 0 Å². The molecule has 16 nitrogen and oxygen atoms in total. The summed E-state index contributed by atoms with van der Waals surface area (Å²) in [7, 11) is 0. The molecule has 0 unspecified atom stereocenters. The van der Waals surface area contributed by atoms with E-state index >= 15 is 0 Å². The third-order valence-corrected chi connectivity index (χ3v) is 8.50. The highest BCUT2D eigenvalue weighted by Gasteiger charge is 2.37. The summed E-state index contributed by atoms with van der Waals surface area (Å²) < 4.78 is 20.6. The quantitative estimate of drug-likeness (QED) is 0.0258. The van der Waals surface area contributed by atoms with Crippen LogP contribution in [0, 0.1) is 23.7 Å². The largest absolute Gasteiger partial charge is 0.481 e. The molecule has 0 bridgehead atoms. The van der Waals surface area contributed by atoms with Crippen molar-refractivity contribution in [1.29, 1.82) is 0 Å². The maximum atomic E-state index is 13.1. The number of aliphatic carboxylic acids is 2. The van der Waals surface area contributed by atoms with Gasteiger partial charge in [-0.15, -0.1) is 0 Å². The van der Waals surface area contributed by atoms with E-state index < -0.39 is 104 Å². The number of carboxylic acid groups (broad SMARTS) is 2. The molecule has 0 radical (unpaired) electrons. The summed E-state index contributed by atoms with van der Waals surface area (Å²) >= 11 is 0. The Morgan fingerprint density at radius 2 is 1.18 bits per heavy atom. The number of carbonyl (C=O) groups is 6. The zero-order chi connectivity index (χ0) is 38.2. The molecular formula is C34H59NO15. The SMILES string of the molecule is CCCC[C@@H](C)[C@@H](OC(=O)C[C@@H](COC=O)C(=O)O)[C@H](C[C@@H](C)C[C@H](O)CCCC[C@@H](O)C[C@H](O)[C@H](C)N)OC(=O)C[C@@H](COC=O)C(=O)O. The van der Waals surface area contributed by atoms with E-state index in [-0.39, 0.29) is 38.1 Å². The normalized spacial score (nSPS) is 17.4. The van der Waals surface area contributed by atoms with Gasteiger partial charge in [-0.1, -0.05) is 46.5 Å². The van der Waals surface area contributed by atoms with Crippen molar-refractivity contribution in [2.24, 2.45) is 29.4 Å². The Kier molecular flexibility index (Phi) is 24.7. The van der Waals surface area contributed by atoms with Gasteiger partial charge in [-0.25, -0.2) is 0 Å². The average Bonchev–Trinajstić information content (AvgIpc) is 3.03. The molecule has 10 atom stereocenters. The molecule has 0 saturated heterocycles. The summed E-state index contributed by atoms with van der Waals surface area (Å²) in [4.78, 5) is 70.7. The number of aliphatic hydroxyl groups excluding tert-OH is 3. The van der Waals surface area contributed by atoms with Gasteiger partial charge in [-0.3, -0.25) is 28.8 Å². The van der Waals surface area contributed by atoms with Gasteiger partial charge in [0.2, 0.25) is 0 Å². The molecule has 0 aromatic heterocycles. The zero-order valence-electron chi connectivity index (χ0n) is 29.7. The van der Waals surface area contributed by atoms with Crippen LogP contribution in [0.1, 0.15) is 105 Å². The van der Waals surface area contributed by atoms with E-state index in [2.05, 4.69) is 9.47 Å². The summed E-state index contributed by atoms with van der Waals surface area (Å²) in [6.45, 7) is 6.16. The van der Waals surface area contributed by atoms with Crippen LogP contribution in [0.2, 0.25) is 0 Å². The van der Waals surface area contributed by atoms with Gasteiger partial charge < -0.3 is 50.2 Å². The first kappa shape index (κ1) is 46.7. The van der Waals surface area contributed by atoms with Crippen LogP contribution in [0.25, 0.3) is 0 Å². The minimum Gasteiger partial charge on any atom is -0.481 e. The monoisotopic (exact) mass is 721 g/mol. The molecule has 0 heterocycles. The second-order valence-corrected chi connectivity index (χ2v) is 13.3. The zero-order valence-corrected chi connectivity index (χ0v) is 29.7. The molecule has 290 valence electrons. The molecule has 0 aromatic carbocycles. The number of hydrogen-bond donors (Lipinski definition) is 6. The molecule has 50 heavy (non-hydrogen) atoms. The van der Waals surface area contributed by atoms with Gasteiger partial charge in [0, 0.05) is 12.5 Å². The fraction of sp³-hybridized carbons (Fsp3) is 0.824. The first-order chi connectivity index (χ1) is 23.6. The van der Waals surface area contributed by atoms with Crippen molar-refractivity contribution in [2.75, 3.05) is 13.2 Å². The average molecular weight is 722 g/mol. The maximum absolute atomic E-state index is 13.1. The molecule has 0 spiro atoms. The standard InChI is InChI=1S/C34H59NO15/c1-5-6-9-22(3)32(50-31(42)15-25(34(45)46)18-48-20-37)29(49-30(41)14-24(33(43)44)17-47-19-36)13-21(2)12-26(38)10-7-8-11-27(39)16-28(40)23(4)35/h19-29,32,38-40H,5-18,35H2,1-4H3,(H,43,44)(H,45,46)/t21-,22+,23-,24-,25-,26+,27+,28-,29-,32+/m0/s1. The van der Waals surface area contributed by atoms with Gasteiger partial charge in [0.25, 0.3) is 12.9 Å². The summed E-state index contributed by atoms with van der Waals surface area (Å²) in [5, 5.41) is 49.8. The number of carbonyl (C=O) groups excluding carboxylic acids is 4. The van der Waals surface area contributed by atoms with Gasteiger partial charge in [0.05, 0.1) is 31.2 Å². The van der Waals surface area contributed by atoms with Crippen LogP contribution in [0.3, 0.4) is 0 Å². The van der Waals surface area contributed by atoms with Crippen molar-refractivity contribution in [3.05, 3.63) is 0 Å². The molecule has 0 rings (SSSR count). The first-order valence-corrected chi connectivity index (χ1v) is 17.3. The van der Waals surface area contributed by atoms with E-state index in [1.54, 1.807) is 20.8 Å². The van der Waals surface area contributed by atoms with Crippen LogP contribution < -0.4 is 5.73 Å². The molecule has 7 N–H and O–H groups in total. The van der Waals surface area contributed by atoms with E-state index in [4.69, 9.17) is 15.2 Å². The molecule has 0 fully saturated rings. The summed E-state index contributed by atoms with van der Waals surface area (Å²) in [5.41, 5.74) is 5.64. The van der Waals surface area contributed by atoms with Crippen LogP contribution in [0.4, 0.5) is 0 Å². The van der Waals surface area contributed by atoms with E-state index in [9.17, 15) is 54.3 Å². The van der Waals surface area contributed by atoms with Crippen LogP contribution in [0.5, 0.6) is 0 Å². The van der Waals surface area contributed by atoms with Gasteiger partial charge in [-0.05, 0) is 50.9 Å². The molecule has 0 aromatic rings. The Balaban J connectivity index is 5.93. The van der Waals surface area contributed by atoms with E-state index in [0.29, 0.717) is 32.1 Å². The number of hydrogen-bond acceptors (Lipinski definition) is 14. The number of esters is 2. The number of aliphatic hydroxyl groups is 3. The van der Waals surface area contributed by atoms with Crippen molar-refractivity contribution < 1.29 is 73.2 Å². The van der Waals surface area contributed by atoms with Crippen LogP contribution in [0.15, 0.2) is 0 Å². The second kappa shape index (κ2) is 26.5. The predicted molar refractivity (Wildman–Crippen MR) is 177 cm³/mol. The predicted octanol–water partition coefficient (Wildman–Crippen LogP) is 1.96. The minimum absolute atomic E-state index is 0.0569. The van der Waals surface area contributed by atoms with Gasteiger partial charge in [0.1, 0.15) is 37.3 Å². The molecule has 0 aliphatic rings. The lowest BCUT2D eigenvalue weighted by molar-refractivity contribution is -0.177. The van der Waals surface area contributed by atoms with Crippen molar-refractivity contribution in [1.82, 2.24) is 0 Å². The highest BCUT2D eigenvalue weighted by atomic mass is 16.6. The van der Waals surface area contributed by atoms with Gasteiger partial charge in [0.15, 0.2) is 0 Å². The first-order valence-electron chi connectivity index (χ1n) is 17.3. The fourth-order valence-electron chi connectivity index (χ4n) is 5.51. The number of carboxylic acids is 2. The fourth-order valence-corrected chi connectivity index (χ4v) is 5.51. The smallest absolute Gasteiger partial charge is 0.310 e. The summed E-state index contributed by atoms with van der Waals surface area (Å²) in [5.74, 6) is -8.18.